The van der Waals surface area contributed by atoms with Gasteiger partial charge in [0, 0.05) is 18.8 Å². The van der Waals surface area contributed by atoms with E-state index >= 15 is 0 Å². The van der Waals surface area contributed by atoms with E-state index in [1.165, 1.54) is 11.8 Å². The lowest BCUT2D eigenvalue weighted by Crippen LogP contribution is -2.34. The second-order valence-electron chi connectivity index (χ2n) is 6.09. The molecule has 6 heteroatoms. The number of nitrogens with zero attached hydrogens (tertiary/aromatic N) is 3. The molecule has 1 N–H and O–H groups in total. The van der Waals surface area contributed by atoms with Crippen LogP contribution in [0.1, 0.15) is 35.7 Å². The van der Waals surface area contributed by atoms with E-state index in [0.717, 1.165) is 16.8 Å². The van der Waals surface area contributed by atoms with Crippen molar-refractivity contribution in [1.82, 2.24) is 9.88 Å². The Hall–Kier alpha value is -1.58. The summed E-state index contributed by atoms with van der Waals surface area (Å²) >= 11 is 1.30. The van der Waals surface area contributed by atoms with Gasteiger partial charge in [-0.05, 0) is 45.2 Å². The first-order chi connectivity index (χ1) is 10.2. The maximum atomic E-state index is 12.2. The van der Waals surface area contributed by atoms with Crippen molar-refractivity contribution in [2.24, 2.45) is 0 Å². The van der Waals surface area contributed by atoms with Gasteiger partial charge in [0.25, 0.3) is 0 Å². The van der Waals surface area contributed by atoms with Crippen LogP contribution in [-0.2, 0) is 4.79 Å². The number of thioether (sulfide) groups is 1. The van der Waals surface area contributed by atoms with Crippen LogP contribution >= 0.6 is 11.8 Å². The number of aromatic nitrogens is 1. The van der Waals surface area contributed by atoms with E-state index in [0.29, 0.717) is 30.1 Å². The number of carbonyl (C=O) groups excluding carboxylic acids is 1. The fourth-order valence-electron chi connectivity index (χ4n) is 2.53. The first-order valence-electron chi connectivity index (χ1n) is 7.26. The van der Waals surface area contributed by atoms with Gasteiger partial charge in [-0.1, -0.05) is 11.8 Å². The molecule has 0 aromatic carbocycles. The van der Waals surface area contributed by atoms with Crippen molar-refractivity contribution in [1.29, 1.82) is 5.26 Å². The van der Waals surface area contributed by atoms with Crippen molar-refractivity contribution < 1.29 is 9.90 Å². The zero-order valence-electron chi connectivity index (χ0n) is 13.4. The summed E-state index contributed by atoms with van der Waals surface area (Å²) in [5.41, 5.74) is 2.59. The van der Waals surface area contributed by atoms with Crippen LogP contribution in [-0.4, -0.2) is 45.3 Å². The number of rotatable bonds is 3. The second kappa shape index (κ2) is 6.27. The van der Waals surface area contributed by atoms with Gasteiger partial charge >= 0.3 is 0 Å². The number of carbonyl (C=O) groups is 1. The van der Waals surface area contributed by atoms with Gasteiger partial charge in [0.15, 0.2) is 0 Å². The largest absolute Gasteiger partial charge is 0.388 e. The lowest BCUT2D eigenvalue weighted by molar-refractivity contribution is -0.128. The molecule has 0 spiro atoms. The van der Waals surface area contributed by atoms with E-state index in [9.17, 15) is 15.2 Å². The standard InChI is InChI=1S/C16H21N3O2S/c1-10-11(2)13(7-17)15(18-12(10)3)22-8-14(20)19-6-5-16(4,21)9-19/h21H,5-6,8-9H2,1-4H3/t16-/m0/s1. The SMILES string of the molecule is Cc1nc(SCC(=O)N2CC[C@](C)(O)C2)c(C#N)c(C)c1C. The second-order valence-corrected chi connectivity index (χ2v) is 7.05. The summed E-state index contributed by atoms with van der Waals surface area (Å²) < 4.78 is 0. The van der Waals surface area contributed by atoms with Crippen molar-refractivity contribution in [3.05, 3.63) is 22.4 Å². The summed E-state index contributed by atoms with van der Waals surface area (Å²) in [6.45, 7) is 8.47. The highest BCUT2D eigenvalue weighted by Crippen LogP contribution is 2.27. The lowest BCUT2D eigenvalue weighted by Gasteiger charge is -2.19. The summed E-state index contributed by atoms with van der Waals surface area (Å²) in [6, 6.07) is 2.19. The van der Waals surface area contributed by atoms with Gasteiger partial charge < -0.3 is 10.0 Å². The van der Waals surface area contributed by atoms with E-state index in [1.807, 2.05) is 20.8 Å². The molecule has 1 atom stereocenters. The summed E-state index contributed by atoms with van der Waals surface area (Å²) in [7, 11) is 0. The van der Waals surface area contributed by atoms with Crippen LogP contribution in [0.15, 0.2) is 5.03 Å². The third-order valence-corrected chi connectivity index (χ3v) is 5.17. The minimum absolute atomic E-state index is 0.0238. The van der Waals surface area contributed by atoms with Gasteiger partial charge in [0.1, 0.15) is 11.1 Å². The maximum absolute atomic E-state index is 12.2. The van der Waals surface area contributed by atoms with Gasteiger partial charge in [0.05, 0.1) is 16.9 Å². The zero-order valence-corrected chi connectivity index (χ0v) is 14.3. The van der Waals surface area contributed by atoms with Crippen LogP contribution in [0.3, 0.4) is 0 Å². The van der Waals surface area contributed by atoms with Crippen LogP contribution in [0.4, 0.5) is 0 Å². The molecule has 1 aliphatic heterocycles. The molecule has 5 nitrogen and oxygen atoms in total. The summed E-state index contributed by atoms with van der Waals surface area (Å²) in [4.78, 5) is 18.4. The molecule has 0 bridgehead atoms. The summed E-state index contributed by atoms with van der Waals surface area (Å²) in [6.07, 6.45) is 0.605. The van der Waals surface area contributed by atoms with Crippen molar-refractivity contribution in [3.63, 3.8) is 0 Å². The van der Waals surface area contributed by atoms with E-state index in [2.05, 4.69) is 11.1 Å². The average molecular weight is 319 g/mol. The van der Waals surface area contributed by atoms with E-state index in [1.54, 1.807) is 11.8 Å². The lowest BCUT2D eigenvalue weighted by atomic mass is 10.1. The number of hydrogen-bond acceptors (Lipinski definition) is 5. The Kier molecular flexibility index (Phi) is 4.78. The quantitative estimate of drug-likeness (QED) is 0.862. The molecule has 1 saturated heterocycles. The third kappa shape index (κ3) is 3.42. The van der Waals surface area contributed by atoms with Crippen LogP contribution in [0.25, 0.3) is 0 Å². The Morgan fingerprint density at radius 1 is 1.45 bits per heavy atom. The van der Waals surface area contributed by atoms with Crippen molar-refractivity contribution in [3.8, 4) is 6.07 Å². The minimum Gasteiger partial charge on any atom is -0.388 e. The van der Waals surface area contributed by atoms with Gasteiger partial charge in [-0.15, -0.1) is 0 Å². The molecular formula is C16H21N3O2S. The van der Waals surface area contributed by atoms with Crippen LogP contribution in [0.2, 0.25) is 0 Å². The van der Waals surface area contributed by atoms with E-state index in [4.69, 9.17) is 0 Å². The van der Waals surface area contributed by atoms with Crippen LogP contribution in [0.5, 0.6) is 0 Å². The number of aliphatic hydroxyl groups is 1. The molecule has 22 heavy (non-hydrogen) atoms. The highest BCUT2D eigenvalue weighted by Gasteiger charge is 2.33. The number of nitriles is 1. The van der Waals surface area contributed by atoms with E-state index < -0.39 is 5.60 Å². The highest BCUT2D eigenvalue weighted by molar-refractivity contribution is 8.00. The molecule has 0 radical (unpaired) electrons. The van der Waals surface area contributed by atoms with Crippen molar-refractivity contribution in [2.75, 3.05) is 18.8 Å². The molecule has 1 aromatic heterocycles. The average Bonchev–Trinajstić information content (AvgIpc) is 2.82. The van der Waals surface area contributed by atoms with Crippen LogP contribution in [0, 0.1) is 32.1 Å². The van der Waals surface area contributed by atoms with Gasteiger partial charge in [-0.25, -0.2) is 4.98 Å². The predicted octanol–water partition coefficient (Wildman–Crippen LogP) is 1.95. The Morgan fingerprint density at radius 2 is 2.14 bits per heavy atom. The molecule has 0 unspecified atom stereocenters. The fourth-order valence-corrected chi connectivity index (χ4v) is 3.51. The molecule has 0 aliphatic carbocycles. The first-order valence-corrected chi connectivity index (χ1v) is 8.24. The molecule has 1 aliphatic rings. The molecule has 118 valence electrons. The predicted molar refractivity (Wildman–Crippen MR) is 85.7 cm³/mol. The Balaban J connectivity index is 2.09. The van der Waals surface area contributed by atoms with Gasteiger partial charge in [-0.3, -0.25) is 4.79 Å². The monoisotopic (exact) mass is 319 g/mol. The maximum Gasteiger partial charge on any atom is 0.233 e. The summed E-state index contributed by atoms with van der Waals surface area (Å²) in [5.74, 6) is 0.212. The zero-order chi connectivity index (χ0) is 16.5. The smallest absolute Gasteiger partial charge is 0.233 e. The normalized spacial score (nSPS) is 21.0. The number of aryl methyl sites for hydroxylation is 1. The molecule has 2 heterocycles. The molecular weight excluding hydrogens is 298 g/mol. The number of amides is 1. The Bertz CT molecular complexity index is 650. The number of hydrogen-bond donors (Lipinski definition) is 1. The topological polar surface area (TPSA) is 77.2 Å². The number of β-amino-alcohol motifs (C(OH)–C–C–N with tert-alkyl or cyclic N) is 1. The minimum atomic E-state index is -0.784. The third-order valence-electron chi connectivity index (χ3n) is 4.21. The number of pyridine rings is 1. The fraction of sp³-hybridized carbons (Fsp3) is 0.562. The molecule has 0 saturated carbocycles. The highest BCUT2D eigenvalue weighted by atomic mass is 32.2. The number of likely N-dealkylation sites (tertiary alicyclic amines) is 1. The Labute approximate surface area is 135 Å². The molecule has 2 rings (SSSR count). The van der Waals surface area contributed by atoms with E-state index in [-0.39, 0.29) is 11.7 Å². The summed E-state index contributed by atoms with van der Waals surface area (Å²) in [5, 5.41) is 19.9. The van der Waals surface area contributed by atoms with Crippen molar-refractivity contribution >= 4 is 17.7 Å². The van der Waals surface area contributed by atoms with Crippen molar-refractivity contribution in [2.45, 2.75) is 44.7 Å². The molecule has 1 aromatic rings. The first kappa shape index (κ1) is 16.8. The van der Waals surface area contributed by atoms with Gasteiger partial charge in [-0.2, -0.15) is 5.26 Å². The Morgan fingerprint density at radius 3 is 2.68 bits per heavy atom. The molecule has 1 fully saturated rings. The van der Waals surface area contributed by atoms with Crippen LogP contribution < -0.4 is 0 Å². The van der Waals surface area contributed by atoms with Gasteiger partial charge in [0.2, 0.25) is 5.91 Å². The molecule has 1 amide bonds.